The third-order valence-electron chi connectivity index (χ3n) is 4.55. The molecule has 3 amide bonds. The Morgan fingerprint density at radius 2 is 1.97 bits per heavy atom. The SMILES string of the molecule is COc1cc(/C=N\NC(=O)C(=O)NC2CC2)cc(Br)c1OCC(=O)Nc1ccc(C)c(Cl)c1. The van der Waals surface area contributed by atoms with Gasteiger partial charge in [0.05, 0.1) is 17.8 Å². The van der Waals surface area contributed by atoms with Gasteiger partial charge in [0, 0.05) is 16.8 Å². The fourth-order valence-electron chi connectivity index (χ4n) is 2.65. The molecule has 1 aliphatic rings. The van der Waals surface area contributed by atoms with Gasteiger partial charge in [-0.1, -0.05) is 17.7 Å². The summed E-state index contributed by atoms with van der Waals surface area (Å²) in [6.45, 7) is 1.61. The Morgan fingerprint density at radius 1 is 1.21 bits per heavy atom. The van der Waals surface area contributed by atoms with E-state index in [4.69, 9.17) is 21.1 Å². The molecule has 0 unspecified atom stereocenters. The van der Waals surface area contributed by atoms with E-state index >= 15 is 0 Å². The van der Waals surface area contributed by atoms with Crippen LogP contribution in [-0.4, -0.2) is 43.7 Å². The van der Waals surface area contributed by atoms with Gasteiger partial charge in [-0.3, -0.25) is 14.4 Å². The highest BCUT2D eigenvalue weighted by molar-refractivity contribution is 9.10. The van der Waals surface area contributed by atoms with Gasteiger partial charge in [-0.2, -0.15) is 5.10 Å². The first-order chi connectivity index (χ1) is 15.8. The highest BCUT2D eigenvalue weighted by atomic mass is 79.9. The molecule has 0 aromatic heterocycles. The van der Waals surface area contributed by atoms with E-state index in [1.54, 1.807) is 30.3 Å². The molecule has 3 N–H and O–H groups in total. The molecule has 33 heavy (non-hydrogen) atoms. The number of amides is 3. The Balaban J connectivity index is 1.58. The van der Waals surface area contributed by atoms with Crippen LogP contribution in [0.5, 0.6) is 11.5 Å². The van der Waals surface area contributed by atoms with Crippen LogP contribution in [0.1, 0.15) is 24.0 Å². The van der Waals surface area contributed by atoms with Gasteiger partial charge in [-0.15, -0.1) is 0 Å². The molecule has 1 aliphatic carbocycles. The van der Waals surface area contributed by atoms with Gasteiger partial charge in [0.2, 0.25) is 0 Å². The van der Waals surface area contributed by atoms with Crippen molar-refractivity contribution in [1.82, 2.24) is 10.7 Å². The molecule has 3 rings (SSSR count). The molecule has 1 fully saturated rings. The average Bonchev–Trinajstić information content (AvgIpc) is 3.59. The van der Waals surface area contributed by atoms with Gasteiger partial charge in [-0.05, 0) is 71.1 Å². The van der Waals surface area contributed by atoms with Crippen molar-refractivity contribution in [3.63, 3.8) is 0 Å². The molecule has 0 spiro atoms. The smallest absolute Gasteiger partial charge is 0.329 e. The van der Waals surface area contributed by atoms with Crippen LogP contribution in [0.4, 0.5) is 5.69 Å². The van der Waals surface area contributed by atoms with Crippen molar-refractivity contribution < 1.29 is 23.9 Å². The second-order valence-electron chi connectivity index (χ2n) is 7.28. The Labute approximate surface area is 204 Å². The number of halogens is 2. The van der Waals surface area contributed by atoms with E-state index < -0.39 is 11.8 Å². The summed E-state index contributed by atoms with van der Waals surface area (Å²) in [4.78, 5) is 35.6. The van der Waals surface area contributed by atoms with Crippen LogP contribution in [-0.2, 0) is 14.4 Å². The molecule has 9 nitrogen and oxygen atoms in total. The number of ether oxygens (including phenoxy) is 2. The number of benzene rings is 2. The van der Waals surface area contributed by atoms with E-state index in [0.29, 0.717) is 32.2 Å². The van der Waals surface area contributed by atoms with Crippen LogP contribution in [0, 0.1) is 6.92 Å². The molecule has 174 valence electrons. The lowest BCUT2D eigenvalue weighted by Gasteiger charge is -2.13. The fraction of sp³-hybridized carbons (Fsp3) is 0.273. The lowest BCUT2D eigenvalue weighted by atomic mass is 10.2. The molecule has 2 aromatic carbocycles. The number of carbonyl (C=O) groups excluding carboxylic acids is 3. The number of carbonyl (C=O) groups is 3. The van der Waals surface area contributed by atoms with E-state index in [1.807, 2.05) is 6.92 Å². The lowest BCUT2D eigenvalue weighted by Crippen LogP contribution is -2.38. The predicted molar refractivity (Wildman–Crippen MR) is 128 cm³/mol. The Morgan fingerprint density at radius 3 is 2.64 bits per heavy atom. The zero-order valence-corrected chi connectivity index (χ0v) is 20.2. The fourth-order valence-corrected chi connectivity index (χ4v) is 3.41. The minimum absolute atomic E-state index is 0.0803. The van der Waals surface area contributed by atoms with Crippen LogP contribution in [0.3, 0.4) is 0 Å². The molecule has 0 heterocycles. The summed E-state index contributed by atoms with van der Waals surface area (Å²) < 4.78 is 11.5. The van der Waals surface area contributed by atoms with Gasteiger partial charge in [0.15, 0.2) is 18.1 Å². The molecular formula is C22H22BrClN4O5. The number of rotatable bonds is 8. The van der Waals surface area contributed by atoms with Gasteiger partial charge >= 0.3 is 11.8 Å². The summed E-state index contributed by atoms with van der Waals surface area (Å²) in [6, 6.07) is 8.57. The van der Waals surface area contributed by atoms with Crippen LogP contribution in [0.15, 0.2) is 39.9 Å². The number of hydrazone groups is 1. The van der Waals surface area contributed by atoms with E-state index in [-0.39, 0.29) is 18.6 Å². The minimum Gasteiger partial charge on any atom is -0.493 e. The topological polar surface area (TPSA) is 118 Å². The van der Waals surface area contributed by atoms with Crippen LogP contribution in [0.25, 0.3) is 0 Å². The van der Waals surface area contributed by atoms with Crippen LogP contribution in [0.2, 0.25) is 5.02 Å². The molecule has 0 aliphatic heterocycles. The van der Waals surface area contributed by atoms with E-state index in [9.17, 15) is 14.4 Å². The molecule has 2 aromatic rings. The third kappa shape index (κ3) is 7.19. The molecule has 0 atom stereocenters. The van der Waals surface area contributed by atoms with Gasteiger partial charge < -0.3 is 20.1 Å². The number of nitrogens with zero attached hydrogens (tertiary/aromatic N) is 1. The van der Waals surface area contributed by atoms with Gasteiger partial charge in [-0.25, -0.2) is 5.43 Å². The highest BCUT2D eigenvalue weighted by Crippen LogP contribution is 2.36. The van der Waals surface area contributed by atoms with E-state index in [0.717, 1.165) is 18.4 Å². The summed E-state index contributed by atoms with van der Waals surface area (Å²) in [6.07, 6.45) is 3.12. The number of methoxy groups -OCH3 is 1. The van der Waals surface area contributed by atoms with Gasteiger partial charge in [0.1, 0.15) is 0 Å². The lowest BCUT2D eigenvalue weighted by molar-refractivity contribution is -0.139. The van der Waals surface area contributed by atoms with E-state index in [1.165, 1.54) is 13.3 Å². The largest absolute Gasteiger partial charge is 0.493 e. The van der Waals surface area contributed by atoms with Crippen molar-refractivity contribution in [2.45, 2.75) is 25.8 Å². The van der Waals surface area contributed by atoms with Crippen molar-refractivity contribution in [2.24, 2.45) is 5.10 Å². The van der Waals surface area contributed by atoms with Crippen molar-refractivity contribution >= 4 is 57.2 Å². The maximum Gasteiger partial charge on any atom is 0.329 e. The molecule has 1 saturated carbocycles. The predicted octanol–water partition coefficient (Wildman–Crippen LogP) is 3.17. The second kappa shape index (κ2) is 11.2. The van der Waals surface area contributed by atoms with Crippen LogP contribution < -0.4 is 25.5 Å². The zero-order valence-electron chi connectivity index (χ0n) is 17.9. The number of hydrogen-bond donors (Lipinski definition) is 3. The van der Waals surface area contributed by atoms with Crippen molar-refractivity contribution in [3.8, 4) is 11.5 Å². The number of anilines is 1. The molecular weight excluding hydrogens is 516 g/mol. The maximum absolute atomic E-state index is 12.3. The quantitative estimate of drug-likeness (QED) is 0.272. The summed E-state index contributed by atoms with van der Waals surface area (Å²) in [5, 5.41) is 9.63. The normalized spacial score (nSPS) is 12.8. The first kappa shape index (κ1) is 24.5. The monoisotopic (exact) mass is 536 g/mol. The number of aryl methyl sites for hydroxylation is 1. The maximum atomic E-state index is 12.3. The summed E-state index contributed by atoms with van der Waals surface area (Å²) in [7, 11) is 1.45. The number of hydrogen-bond acceptors (Lipinski definition) is 6. The second-order valence-corrected chi connectivity index (χ2v) is 8.54. The highest BCUT2D eigenvalue weighted by Gasteiger charge is 2.26. The Hall–Kier alpha value is -3.11. The van der Waals surface area contributed by atoms with E-state index in [2.05, 4.69) is 37.1 Å². The number of nitrogens with one attached hydrogen (secondary N) is 3. The summed E-state index contributed by atoms with van der Waals surface area (Å²) in [5.74, 6) is -1.27. The zero-order chi connectivity index (χ0) is 24.0. The standard InChI is InChI=1S/C22H22BrClN4O5/c1-12-3-4-15(9-17(12)24)26-19(29)11-33-20-16(23)7-13(8-18(20)32-2)10-25-28-22(31)21(30)27-14-5-6-14/h3-4,7-10,14H,5-6,11H2,1-2H3,(H,26,29)(H,27,30)(H,28,31)/b25-10-. The molecule has 0 radical (unpaired) electrons. The Bertz CT molecular complexity index is 1100. The van der Waals surface area contributed by atoms with Crippen molar-refractivity contribution in [2.75, 3.05) is 19.0 Å². The average molecular weight is 538 g/mol. The summed E-state index contributed by atoms with van der Waals surface area (Å²) in [5.41, 5.74) is 4.20. The van der Waals surface area contributed by atoms with Crippen molar-refractivity contribution in [1.29, 1.82) is 0 Å². The van der Waals surface area contributed by atoms with Crippen molar-refractivity contribution in [3.05, 3.63) is 51.0 Å². The summed E-state index contributed by atoms with van der Waals surface area (Å²) >= 11 is 9.46. The third-order valence-corrected chi connectivity index (χ3v) is 5.55. The molecule has 0 bridgehead atoms. The first-order valence-electron chi connectivity index (χ1n) is 9.97. The first-order valence-corrected chi connectivity index (χ1v) is 11.1. The van der Waals surface area contributed by atoms with Gasteiger partial charge in [0.25, 0.3) is 5.91 Å². The Kier molecular flexibility index (Phi) is 8.29. The minimum atomic E-state index is -0.843. The molecule has 11 heteroatoms. The van der Waals surface area contributed by atoms with Crippen LogP contribution >= 0.6 is 27.5 Å². The molecule has 0 saturated heterocycles.